The van der Waals surface area contributed by atoms with Gasteiger partial charge in [-0.1, -0.05) is 12.1 Å². The van der Waals surface area contributed by atoms with Crippen molar-refractivity contribution in [2.75, 3.05) is 13.6 Å². The summed E-state index contributed by atoms with van der Waals surface area (Å²) in [6.07, 6.45) is 6.63. The van der Waals surface area contributed by atoms with Crippen LogP contribution < -0.4 is 5.32 Å². The van der Waals surface area contributed by atoms with E-state index in [4.69, 9.17) is 0 Å². The molecule has 29 heavy (non-hydrogen) atoms. The average molecular weight is 396 g/mol. The predicted molar refractivity (Wildman–Crippen MR) is 115 cm³/mol. The molecule has 1 aliphatic heterocycles. The number of piperidine rings is 1. The Morgan fingerprint density at radius 2 is 2.10 bits per heavy atom. The number of aliphatic hydroxyl groups is 1. The van der Waals surface area contributed by atoms with E-state index >= 15 is 0 Å². The SMILES string of the molecule is CC(C)n1cc2c3c(cccc31)C1CC(C(=O)NC3CCC[C@H]3O)CN(C)[C@@H]1C2. The summed E-state index contributed by atoms with van der Waals surface area (Å²) >= 11 is 0. The van der Waals surface area contributed by atoms with E-state index in [0.29, 0.717) is 18.0 Å². The second-order valence-corrected chi connectivity index (χ2v) is 9.76. The standard InChI is InChI=1S/C24H33N3O2/c1-14(2)27-13-15-11-21-18(17-6-4-8-20(27)23(15)17)10-16(12-26(21)3)24(29)25-19-7-5-9-22(19)28/h4,6,8,13-14,16,18-19,21-22,28H,5,7,9-12H2,1-3H3,(H,25,29)/t16?,18?,19?,21-,22-/m1/s1. The molecule has 0 radical (unpaired) electrons. The molecular formula is C24H33N3O2. The van der Waals surface area contributed by atoms with Crippen LogP contribution in [0.3, 0.4) is 0 Å². The lowest BCUT2D eigenvalue weighted by atomic mass is 9.72. The van der Waals surface area contributed by atoms with Crippen LogP contribution in [0.1, 0.15) is 62.6 Å². The van der Waals surface area contributed by atoms with Gasteiger partial charge in [-0.15, -0.1) is 0 Å². The first-order chi connectivity index (χ1) is 13.9. The zero-order valence-electron chi connectivity index (χ0n) is 17.8. The van der Waals surface area contributed by atoms with Gasteiger partial charge >= 0.3 is 0 Å². The molecular weight excluding hydrogens is 362 g/mol. The summed E-state index contributed by atoms with van der Waals surface area (Å²) in [7, 11) is 2.17. The van der Waals surface area contributed by atoms with E-state index in [1.54, 1.807) is 0 Å². The van der Waals surface area contributed by atoms with Crippen molar-refractivity contribution < 1.29 is 9.90 Å². The highest BCUT2D eigenvalue weighted by Gasteiger charge is 2.42. The summed E-state index contributed by atoms with van der Waals surface area (Å²) in [5.41, 5.74) is 4.20. The summed E-state index contributed by atoms with van der Waals surface area (Å²) in [5.74, 6) is 0.495. The molecule has 5 atom stereocenters. The van der Waals surface area contributed by atoms with Crippen molar-refractivity contribution in [1.29, 1.82) is 0 Å². The van der Waals surface area contributed by atoms with Gasteiger partial charge in [0.15, 0.2) is 0 Å². The number of likely N-dealkylation sites (N-methyl/N-ethyl adjacent to an activating group) is 1. The quantitative estimate of drug-likeness (QED) is 0.839. The number of hydrogen-bond donors (Lipinski definition) is 2. The van der Waals surface area contributed by atoms with E-state index in [9.17, 15) is 9.90 Å². The van der Waals surface area contributed by atoms with Gasteiger partial charge in [0.05, 0.1) is 18.1 Å². The van der Waals surface area contributed by atoms with Crippen LogP contribution in [0.5, 0.6) is 0 Å². The molecule has 0 spiro atoms. The van der Waals surface area contributed by atoms with Crippen LogP contribution in [0.25, 0.3) is 10.9 Å². The molecule has 3 aliphatic rings. The topological polar surface area (TPSA) is 57.5 Å². The Kier molecular flexibility index (Phi) is 4.71. The highest BCUT2D eigenvalue weighted by molar-refractivity contribution is 5.89. The van der Waals surface area contributed by atoms with Crippen molar-refractivity contribution in [1.82, 2.24) is 14.8 Å². The van der Waals surface area contributed by atoms with Gasteiger partial charge in [-0.2, -0.15) is 0 Å². The number of amides is 1. The lowest BCUT2D eigenvalue weighted by Gasteiger charge is -2.45. The largest absolute Gasteiger partial charge is 0.391 e. The van der Waals surface area contributed by atoms with Gasteiger partial charge in [-0.3, -0.25) is 4.79 Å². The van der Waals surface area contributed by atoms with Crippen molar-refractivity contribution in [3.05, 3.63) is 35.5 Å². The molecule has 5 rings (SSSR count). The third-order valence-electron chi connectivity index (χ3n) is 7.61. The van der Waals surface area contributed by atoms with E-state index < -0.39 is 0 Å². The van der Waals surface area contributed by atoms with Gasteiger partial charge in [0.2, 0.25) is 5.91 Å². The van der Waals surface area contributed by atoms with Crippen LogP contribution in [0, 0.1) is 5.92 Å². The third-order valence-corrected chi connectivity index (χ3v) is 7.61. The summed E-state index contributed by atoms with van der Waals surface area (Å²) < 4.78 is 2.40. The maximum atomic E-state index is 13.0. The highest BCUT2D eigenvalue weighted by atomic mass is 16.3. The molecule has 2 heterocycles. The fourth-order valence-corrected chi connectivity index (χ4v) is 6.10. The predicted octanol–water partition coefficient (Wildman–Crippen LogP) is 3.21. The Hall–Kier alpha value is -1.85. The number of nitrogens with one attached hydrogen (secondary N) is 1. The molecule has 5 nitrogen and oxygen atoms in total. The minimum Gasteiger partial charge on any atom is -0.391 e. The zero-order valence-corrected chi connectivity index (χ0v) is 17.8. The lowest BCUT2D eigenvalue weighted by Crippen LogP contribution is -2.53. The maximum Gasteiger partial charge on any atom is 0.224 e. The molecule has 1 saturated heterocycles. The van der Waals surface area contributed by atoms with Crippen LogP contribution in [-0.4, -0.2) is 52.3 Å². The Bertz CT molecular complexity index is 934. The summed E-state index contributed by atoms with van der Waals surface area (Å²) in [6.45, 7) is 5.28. The van der Waals surface area contributed by atoms with Crippen molar-refractivity contribution in [2.45, 2.75) is 76.1 Å². The highest BCUT2D eigenvalue weighted by Crippen LogP contribution is 2.45. The lowest BCUT2D eigenvalue weighted by molar-refractivity contribution is -0.128. The second kappa shape index (κ2) is 7.13. The summed E-state index contributed by atoms with van der Waals surface area (Å²) in [6, 6.07) is 7.53. The molecule has 0 bridgehead atoms. The van der Waals surface area contributed by atoms with Crippen molar-refractivity contribution in [3.63, 3.8) is 0 Å². The summed E-state index contributed by atoms with van der Waals surface area (Å²) in [4.78, 5) is 15.4. The number of nitrogens with zero attached hydrogens (tertiary/aromatic N) is 2. The molecule has 2 aliphatic carbocycles. The Balaban J connectivity index is 1.45. The van der Waals surface area contributed by atoms with E-state index in [2.05, 4.69) is 60.1 Å². The van der Waals surface area contributed by atoms with E-state index in [1.165, 1.54) is 22.0 Å². The normalized spacial score (nSPS) is 32.0. The van der Waals surface area contributed by atoms with Gasteiger partial charge in [0.25, 0.3) is 0 Å². The number of fused-ring (bicyclic) bond motifs is 2. The van der Waals surface area contributed by atoms with Crippen LogP contribution in [0.4, 0.5) is 0 Å². The molecule has 3 unspecified atom stereocenters. The summed E-state index contributed by atoms with van der Waals surface area (Å²) in [5, 5.41) is 14.7. The van der Waals surface area contributed by atoms with Crippen molar-refractivity contribution in [2.24, 2.45) is 5.92 Å². The molecule has 1 saturated carbocycles. The van der Waals surface area contributed by atoms with Crippen molar-refractivity contribution in [3.8, 4) is 0 Å². The number of likely N-dealkylation sites (tertiary alicyclic amines) is 1. The third kappa shape index (κ3) is 3.10. The first kappa shape index (κ1) is 19.1. The van der Waals surface area contributed by atoms with Gasteiger partial charge in [-0.05, 0) is 70.2 Å². The monoisotopic (exact) mass is 395 g/mol. The first-order valence-corrected chi connectivity index (χ1v) is 11.2. The van der Waals surface area contributed by atoms with Crippen LogP contribution in [-0.2, 0) is 11.2 Å². The Labute approximate surface area is 173 Å². The van der Waals surface area contributed by atoms with Crippen LogP contribution >= 0.6 is 0 Å². The number of benzene rings is 1. The first-order valence-electron chi connectivity index (χ1n) is 11.2. The average Bonchev–Trinajstić information content (AvgIpc) is 3.27. The fraction of sp³-hybridized carbons (Fsp3) is 0.625. The van der Waals surface area contributed by atoms with Crippen molar-refractivity contribution >= 4 is 16.8 Å². The zero-order chi connectivity index (χ0) is 20.3. The molecule has 2 N–H and O–H groups in total. The number of aliphatic hydroxyl groups excluding tert-OH is 1. The van der Waals surface area contributed by atoms with Crippen LogP contribution in [0.15, 0.2) is 24.4 Å². The van der Waals surface area contributed by atoms with Gasteiger partial charge in [-0.25, -0.2) is 0 Å². The molecule has 1 amide bonds. The number of carbonyl (C=O) groups is 1. The van der Waals surface area contributed by atoms with E-state index in [-0.39, 0.29) is 24.0 Å². The Morgan fingerprint density at radius 3 is 2.83 bits per heavy atom. The Morgan fingerprint density at radius 1 is 1.28 bits per heavy atom. The fourth-order valence-electron chi connectivity index (χ4n) is 6.10. The molecule has 1 aromatic carbocycles. The van der Waals surface area contributed by atoms with E-state index in [0.717, 1.165) is 38.6 Å². The van der Waals surface area contributed by atoms with Crippen LogP contribution in [0.2, 0.25) is 0 Å². The van der Waals surface area contributed by atoms with Gasteiger partial charge < -0.3 is 19.9 Å². The molecule has 156 valence electrons. The smallest absolute Gasteiger partial charge is 0.224 e. The number of hydrogen-bond acceptors (Lipinski definition) is 3. The molecule has 1 aromatic heterocycles. The minimum atomic E-state index is -0.380. The number of rotatable bonds is 3. The number of carbonyl (C=O) groups excluding carboxylic acids is 1. The molecule has 2 fully saturated rings. The maximum absolute atomic E-state index is 13.0. The second-order valence-electron chi connectivity index (χ2n) is 9.76. The van der Waals surface area contributed by atoms with E-state index in [1.807, 2.05) is 0 Å². The van der Waals surface area contributed by atoms with Gasteiger partial charge in [0, 0.05) is 41.6 Å². The number of aromatic nitrogens is 1. The van der Waals surface area contributed by atoms with Gasteiger partial charge in [0.1, 0.15) is 0 Å². The molecule has 2 aromatic rings. The minimum absolute atomic E-state index is 0.0157. The molecule has 5 heteroatoms.